The van der Waals surface area contributed by atoms with Crippen LogP contribution in [0.1, 0.15) is 30.2 Å². The predicted molar refractivity (Wildman–Crippen MR) is 145 cm³/mol. The molecule has 198 valence electrons. The number of amides is 3. The molecule has 1 N–H and O–H groups in total. The molecule has 2 aromatic carbocycles. The summed E-state index contributed by atoms with van der Waals surface area (Å²) >= 11 is 1.58. The normalized spacial score (nSPS) is 10.6. The number of hydrogen-bond acceptors (Lipinski definition) is 5. The summed E-state index contributed by atoms with van der Waals surface area (Å²) < 4.78 is 24.8. The van der Waals surface area contributed by atoms with Gasteiger partial charge in [0, 0.05) is 18.0 Å². The molecule has 37 heavy (non-hydrogen) atoms. The average molecular weight is 528 g/mol. The first kappa shape index (κ1) is 28.0. The Balaban J connectivity index is 1.74. The molecule has 7 nitrogen and oxygen atoms in total. The van der Waals surface area contributed by atoms with Crippen LogP contribution in [0.3, 0.4) is 0 Å². The van der Waals surface area contributed by atoms with Crippen LogP contribution in [0, 0.1) is 5.82 Å². The van der Waals surface area contributed by atoms with E-state index in [1.54, 1.807) is 42.6 Å². The molecule has 1 heterocycles. The number of carbonyl (C=O) groups is 2. The number of rotatable bonds is 13. The van der Waals surface area contributed by atoms with Crippen LogP contribution >= 0.6 is 11.3 Å². The lowest BCUT2D eigenvalue weighted by molar-refractivity contribution is -0.132. The summed E-state index contributed by atoms with van der Waals surface area (Å²) in [6, 6.07) is 15.1. The van der Waals surface area contributed by atoms with Crippen molar-refractivity contribution in [1.29, 1.82) is 0 Å². The van der Waals surface area contributed by atoms with Gasteiger partial charge in [-0.25, -0.2) is 9.18 Å². The fourth-order valence-electron chi connectivity index (χ4n) is 3.80. The van der Waals surface area contributed by atoms with Crippen molar-refractivity contribution in [3.63, 3.8) is 0 Å². The minimum absolute atomic E-state index is 0.0883. The number of benzene rings is 2. The van der Waals surface area contributed by atoms with Crippen molar-refractivity contribution in [2.24, 2.45) is 0 Å². The number of anilines is 1. The van der Waals surface area contributed by atoms with E-state index < -0.39 is 11.8 Å². The van der Waals surface area contributed by atoms with E-state index in [4.69, 9.17) is 9.47 Å². The number of para-hydroxylation sites is 1. The Hall–Kier alpha value is -3.59. The Labute approximate surface area is 221 Å². The van der Waals surface area contributed by atoms with Crippen molar-refractivity contribution in [2.45, 2.75) is 32.7 Å². The summed E-state index contributed by atoms with van der Waals surface area (Å²) in [5.74, 6) is 0.581. The number of nitrogens with zero attached hydrogens (tertiary/aromatic N) is 2. The third kappa shape index (κ3) is 8.21. The van der Waals surface area contributed by atoms with Gasteiger partial charge in [0.05, 0.1) is 26.5 Å². The van der Waals surface area contributed by atoms with E-state index in [0.717, 1.165) is 23.3 Å². The minimum atomic E-state index is -0.521. The molecule has 0 fully saturated rings. The van der Waals surface area contributed by atoms with Crippen molar-refractivity contribution in [2.75, 3.05) is 39.2 Å². The number of urea groups is 1. The smallest absolute Gasteiger partial charge is 0.322 e. The maximum Gasteiger partial charge on any atom is 0.322 e. The number of ether oxygens (including phenoxy) is 2. The van der Waals surface area contributed by atoms with Gasteiger partial charge in [0.15, 0.2) is 11.5 Å². The van der Waals surface area contributed by atoms with Crippen molar-refractivity contribution in [3.05, 3.63) is 76.2 Å². The highest BCUT2D eigenvalue weighted by atomic mass is 32.1. The number of hydrogen-bond donors (Lipinski definition) is 1. The van der Waals surface area contributed by atoms with Gasteiger partial charge in [0.25, 0.3) is 0 Å². The first-order valence-corrected chi connectivity index (χ1v) is 13.1. The van der Waals surface area contributed by atoms with Crippen molar-refractivity contribution < 1.29 is 23.5 Å². The Morgan fingerprint density at radius 2 is 1.76 bits per heavy atom. The van der Waals surface area contributed by atoms with Crippen molar-refractivity contribution in [1.82, 2.24) is 9.80 Å². The minimum Gasteiger partial charge on any atom is -0.493 e. The second-order valence-corrected chi connectivity index (χ2v) is 9.55. The lowest BCUT2D eigenvalue weighted by Crippen LogP contribution is -2.45. The predicted octanol–water partition coefficient (Wildman–Crippen LogP) is 5.81. The fourth-order valence-corrected chi connectivity index (χ4v) is 4.52. The molecule has 3 amide bonds. The topological polar surface area (TPSA) is 71.1 Å². The lowest BCUT2D eigenvalue weighted by Gasteiger charge is -2.28. The molecule has 1 aromatic heterocycles. The van der Waals surface area contributed by atoms with Crippen LogP contribution in [0.2, 0.25) is 0 Å². The van der Waals surface area contributed by atoms with Gasteiger partial charge < -0.3 is 24.6 Å². The second kappa shape index (κ2) is 14.2. The average Bonchev–Trinajstić information content (AvgIpc) is 3.43. The first-order valence-electron chi connectivity index (χ1n) is 12.3. The van der Waals surface area contributed by atoms with Crippen LogP contribution in [0.4, 0.5) is 14.9 Å². The van der Waals surface area contributed by atoms with Crippen LogP contribution < -0.4 is 14.8 Å². The van der Waals surface area contributed by atoms with Gasteiger partial charge in [-0.3, -0.25) is 4.79 Å². The zero-order valence-electron chi connectivity index (χ0n) is 21.5. The number of thiophene rings is 1. The zero-order valence-corrected chi connectivity index (χ0v) is 22.4. The van der Waals surface area contributed by atoms with Gasteiger partial charge in [-0.15, -0.1) is 11.3 Å². The van der Waals surface area contributed by atoms with E-state index >= 15 is 0 Å². The maximum absolute atomic E-state index is 14.1. The number of carbonyl (C=O) groups excluding carboxylic acids is 2. The summed E-state index contributed by atoms with van der Waals surface area (Å²) in [6.45, 7) is 3.22. The zero-order chi connectivity index (χ0) is 26.6. The van der Waals surface area contributed by atoms with Crippen LogP contribution in [0.25, 0.3) is 0 Å². The maximum atomic E-state index is 14.1. The Bertz CT molecular complexity index is 1160. The molecule has 0 saturated heterocycles. The quantitative estimate of drug-likeness (QED) is 0.305. The molecule has 3 aromatic rings. The highest BCUT2D eigenvalue weighted by Crippen LogP contribution is 2.28. The Kier molecular flexibility index (Phi) is 10.8. The molecule has 0 aliphatic rings. The third-order valence-electron chi connectivity index (χ3n) is 5.91. The summed E-state index contributed by atoms with van der Waals surface area (Å²) in [6.07, 6.45) is 2.19. The second-order valence-electron chi connectivity index (χ2n) is 8.52. The number of unbranched alkanes of at least 4 members (excludes halogenated alkanes) is 1. The Morgan fingerprint density at radius 1 is 0.973 bits per heavy atom. The number of methoxy groups -OCH3 is 2. The van der Waals surface area contributed by atoms with E-state index in [1.165, 1.54) is 17.0 Å². The number of nitrogens with one attached hydrogen (secondary N) is 1. The third-order valence-corrected chi connectivity index (χ3v) is 6.77. The molecule has 9 heteroatoms. The van der Waals surface area contributed by atoms with Crippen molar-refractivity contribution in [3.8, 4) is 11.5 Å². The highest BCUT2D eigenvalue weighted by Gasteiger charge is 2.22. The van der Waals surface area contributed by atoms with Crippen LogP contribution in [-0.4, -0.2) is 55.6 Å². The van der Waals surface area contributed by atoms with E-state index in [0.29, 0.717) is 37.6 Å². The van der Waals surface area contributed by atoms with Gasteiger partial charge in [-0.05, 0) is 54.1 Å². The fraction of sp³-hybridized carbons (Fsp3) is 0.357. The Morgan fingerprint density at radius 3 is 2.43 bits per heavy atom. The molecule has 0 spiro atoms. The molecule has 0 aliphatic carbocycles. The summed E-state index contributed by atoms with van der Waals surface area (Å²) in [5, 5.41) is 4.58. The van der Waals surface area contributed by atoms with Gasteiger partial charge in [-0.1, -0.05) is 37.6 Å². The lowest BCUT2D eigenvalue weighted by atomic mass is 10.1. The van der Waals surface area contributed by atoms with E-state index in [2.05, 4.69) is 5.32 Å². The van der Waals surface area contributed by atoms with Crippen molar-refractivity contribution >= 4 is 29.0 Å². The van der Waals surface area contributed by atoms with Crippen LogP contribution in [0.5, 0.6) is 11.5 Å². The first-order chi connectivity index (χ1) is 17.9. The molecule has 3 rings (SSSR count). The van der Waals surface area contributed by atoms with E-state index in [9.17, 15) is 14.0 Å². The molecule has 0 saturated carbocycles. The van der Waals surface area contributed by atoms with Crippen LogP contribution in [-0.2, 0) is 17.8 Å². The molecular formula is C28H34FN3O4S. The molecule has 0 bridgehead atoms. The van der Waals surface area contributed by atoms with Gasteiger partial charge in [-0.2, -0.15) is 0 Å². The van der Waals surface area contributed by atoms with E-state index in [-0.39, 0.29) is 18.1 Å². The van der Waals surface area contributed by atoms with Gasteiger partial charge in [0.2, 0.25) is 5.91 Å². The number of halogens is 1. The van der Waals surface area contributed by atoms with Crippen LogP contribution in [0.15, 0.2) is 60.0 Å². The SMILES string of the molecule is CCCCN(CC(=O)N(CCc1ccc(OC)c(OC)c1)Cc1cccs1)C(=O)Nc1ccccc1F. The molecular weight excluding hydrogens is 493 g/mol. The molecule has 0 unspecified atom stereocenters. The largest absolute Gasteiger partial charge is 0.493 e. The summed E-state index contributed by atoms with van der Waals surface area (Å²) in [4.78, 5) is 30.8. The summed E-state index contributed by atoms with van der Waals surface area (Å²) in [7, 11) is 3.18. The summed E-state index contributed by atoms with van der Waals surface area (Å²) in [5.41, 5.74) is 1.09. The highest BCUT2D eigenvalue weighted by molar-refractivity contribution is 7.09. The monoisotopic (exact) mass is 527 g/mol. The molecule has 0 atom stereocenters. The molecule has 0 aliphatic heterocycles. The van der Waals surface area contributed by atoms with E-state index in [1.807, 2.05) is 42.6 Å². The van der Waals surface area contributed by atoms with Gasteiger partial charge in [0.1, 0.15) is 12.4 Å². The molecule has 0 radical (unpaired) electrons. The van der Waals surface area contributed by atoms with Gasteiger partial charge >= 0.3 is 6.03 Å². The standard InChI is InChI=1S/C28H34FN3O4S/c1-4-5-15-32(28(34)30-24-11-7-6-10-23(24)29)20-27(33)31(19-22-9-8-17-37-22)16-14-21-12-13-25(35-2)26(18-21)36-3/h6-13,17-18H,4-5,14-16,19-20H2,1-3H3,(H,30,34).